The molecular weight excluding hydrogens is 372 g/mol. The number of carbonyl (C=O) groups excluding carboxylic acids is 2. The molecule has 0 atom stereocenters. The van der Waals surface area contributed by atoms with E-state index < -0.39 is 0 Å². The summed E-state index contributed by atoms with van der Waals surface area (Å²) < 4.78 is 5.33. The Kier molecular flexibility index (Phi) is 8.11. The van der Waals surface area contributed by atoms with Crippen LogP contribution in [0.2, 0.25) is 0 Å². The first-order valence-electron chi connectivity index (χ1n) is 10.9. The summed E-state index contributed by atoms with van der Waals surface area (Å²) in [5.41, 5.74) is 0. The smallest absolute Gasteiger partial charge is 0.243 e. The van der Waals surface area contributed by atoms with Gasteiger partial charge in [0.15, 0.2) is 5.96 Å². The van der Waals surface area contributed by atoms with Crippen LogP contribution in [0.4, 0.5) is 0 Å². The zero-order valence-corrected chi connectivity index (χ0v) is 17.9. The maximum Gasteiger partial charge on any atom is 0.243 e. The van der Waals surface area contributed by atoms with Gasteiger partial charge in [-0.2, -0.15) is 0 Å². The van der Waals surface area contributed by atoms with Crippen LogP contribution in [0, 0.1) is 0 Å². The zero-order valence-electron chi connectivity index (χ0n) is 17.9. The average molecular weight is 409 g/mol. The first-order chi connectivity index (χ1) is 14.0. The van der Waals surface area contributed by atoms with E-state index in [1.54, 1.807) is 19.0 Å². The third-order valence-electron chi connectivity index (χ3n) is 5.95. The monoisotopic (exact) mass is 408 g/mol. The molecule has 3 rings (SSSR count). The molecule has 164 valence electrons. The lowest BCUT2D eigenvalue weighted by Gasteiger charge is -2.38. The van der Waals surface area contributed by atoms with Crippen molar-refractivity contribution in [2.24, 2.45) is 4.99 Å². The number of guanidine groups is 1. The highest BCUT2D eigenvalue weighted by Crippen LogP contribution is 2.18. The summed E-state index contributed by atoms with van der Waals surface area (Å²) in [7, 11) is 3.51. The van der Waals surface area contributed by atoms with Crippen molar-refractivity contribution in [3.8, 4) is 0 Å². The van der Waals surface area contributed by atoms with Crippen LogP contribution >= 0.6 is 0 Å². The molecule has 0 aromatic carbocycles. The Bertz CT molecular complexity index is 577. The standard InChI is InChI=1S/C20H36N6O3/c1-23(2)18(27)15-21-20(22-17-5-3-4-6-17)26-9-7-24(8-10-26)16-19(28)25-11-13-29-14-12-25/h17H,3-16H2,1-2H3,(H,21,22). The van der Waals surface area contributed by atoms with Crippen LogP contribution in [-0.4, -0.2) is 123 Å². The van der Waals surface area contributed by atoms with Gasteiger partial charge in [0.05, 0.1) is 19.8 Å². The fraction of sp³-hybridized carbons (Fsp3) is 0.850. The molecule has 0 unspecified atom stereocenters. The summed E-state index contributed by atoms with van der Waals surface area (Å²) in [5.74, 6) is 1.04. The molecule has 0 radical (unpaired) electrons. The van der Waals surface area contributed by atoms with Gasteiger partial charge in [-0.3, -0.25) is 14.5 Å². The number of likely N-dealkylation sites (N-methyl/N-ethyl adjacent to an activating group) is 1. The third kappa shape index (κ3) is 6.57. The first kappa shape index (κ1) is 21.8. The third-order valence-corrected chi connectivity index (χ3v) is 5.95. The van der Waals surface area contributed by atoms with Crippen LogP contribution < -0.4 is 5.32 Å². The molecule has 0 aromatic heterocycles. The van der Waals surface area contributed by atoms with Crippen LogP contribution in [0.3, 0.4) is 0 Å². The van der Waals surface area contributed by atoms with Gasteiger partial charge in [-0.05, 0) is 12.8 Å². The number of carbonyl (C=O) groups is 2. The fourth-order valence-electron chi connectivity index (χ4n) is 4.00. The molecule has 3 aliphatic rings. The lowest BCUT2D eigenvalue weighted by atomic mass is 10.2. The highest BCUT2D eigenvalue weighted by molar-refractivity contribution is 5.85. The highest BCUT2D eigenvalue weighted by atomic mass is 16.5. The topological polar surface area (TPSA) is 80.7 Å². The van der Waals surface area contributed by atoms with Gasteiger partial charge >= 0.3 is 0 Å². The molecular formula is C20H36N6O3. The number of morpholine rings is 1. The number of amides is 2. The van der Waals surface area contributed by atoms with Gasteiger partial charge in [0, 0.05) is 59.4 Å². The van der Waals surface area contributed by atoms with Crippen LogP contribution in [-0.2, 0) is 14.3 Å². The molecule has 1 aliphatic carbocycles. The molecule has 29 heavy (non-hydrogen) atoms. The molecule has 2 aliphatic heterocycles. The van der Waals surface area contributed by atoms with E-state index >= 15 is 0 Å². The summed E-state index contributed by atoms with van der Waals surface area (Å²) in [6.07, 6.45) is 4.82. The van der Waals surface area contributed by atoms with Crippen molar-refractivity contribution in [3.05, 3.63) is 0 Å². The second kappa shape index (κ2) is 10.8. The number of aliphatic imine (C=N–C) groups is 1. The molecule has 2 heterocycles. The van der Waals surface area contributed by atoms with Gasteiger partial charge in [-0.1, -0.05) is 12.8 Å². The lowest BCUT2D eigenvalue weighted by Crippen LogP contribution is -2.56. The number of hydrogen-bond acceptors (Lipinski definition) is 5. The second-order valence-corrected chi connectivity index (χ2v) is 8.31. The minimum absolute atomic E-state index is 0.00506. The second-order valence-electron chi connectivity index (χ2n) is 8.31. The van der Waals surface area contributed by atoms with Crippen molar-refractivity contribution in [1.82, 2.24) is 24.9 Å². The van der Waals surface area contributed by atoms with Crippen molar-refractivity contribution >= 4 is 17.8 Å². The molecule has 0 aromatic rings. The van der Waals surface area contributed by atoms with Gasteiger partial charge in [0.1, 0.15) is 6.54 Å². The lowest BCUT2D eigenvalue weighted by molar-refractivity contribution is -0.136. The molecule has 1 saturated carbocycles. The zero-order chi connectivity index (χ0) is 20.6. The van der Waals surface area contributed by atoms with E-state index in [1.807, 2.05) is 4.90 Å². The van der Waals surface area contributed by atoms with E-state index in [-0.39, 0.29) is 18.4 Å². The van der Waals surface area contributed by atoms with Gasteiger partial charge in [0.25, 0.3) is 0 Å². The van der Waals surface area contributed by atoms with Crippen molar-refractivity contribution in [2.75, 3.05) is 79.7 Å². The van der Waals surface area contributed by atoms with Crippen LogP contribution in [0.5, 0.6) is 0 Å². The number of rotatable bonds is 5. The Hall–Kier alpha value is -1.87. The molecule has 9 nitrogen and oxygen atoms in total. The van der Waals surface area contributed by atoms with Crippen LogP contribution in [0.1, 0.15) is 25.7 Å². The largest absolute Gasteiger partial charge is 0.378 e. The maximum absolute atomic E-state index is 12.5. The summed E-state index contributed by atoms with van der Waals surface area (Å²) in [4.78, 5) is 37.0. The summed E-state index contributed by atoms with van der Waals surface area (Å²) >= 11 is 0. The molecule has 0 bridgehead atoms. The van der Waals surface area contributed by atoms with Crippen molar-refractivity contribution < 1.29 is 14.3 Å². The van der Waals surface area contributed by atoms with Gasteiger partial charge in [-0.25, -0.2) is 4.99 Å². The van der Waals surface area contributed by atoms with E-state index in [9.17, 15) is 9.59 Å². The number of nitrogens with zero attached hydrogens (tertiary/aromatic N) is 5. The quantitative estimate of drug-likeness (QED) is 0.485. The van der Waals surface area contributed by atoms with Crippen LogP contribution in [0.15, 0.2) is 4.99 Å². The Balaban J connectivity index is 1.52. The average Bonchev–Trinajstić information content (AvgIpc) is 3.25. The Labute approximate surface area is 174 Å². The summed E-state index contributed by atoms with van der Waals surface area (Å²) in [5, 5.41) is 3.58. The van der Waals surface area contributed by atoms with Crippen molar-refractivity contribution in [2.45, 2.75) is 31.7 Å². The highest BCUT2D eigenvalue weighted by Gasteiger charge is 2.26. The molecule has 9 heteroatoms. The predicted molar refractivity (Wildman–Crippen MR) is 112 cm³/mol. The van der Waals surface area contributed by atoms with E-state index in [0.717, 1.165) is 45.0 Å². The van der Waals surface area contributed by atoms with Crippen molar-refractivity contribution in [1.29, 1.82) is 0 Å². The normalized spacial score (nSPS) is 22.1. The van der Waals surface area contributed by atoms with Crippen molar-refractivity contribution in [3.63, 3.8) is 0 Å². The maximum atomic E-state index is 12.5. The minimum Gasteiger partial charge on any atom is -0.378 e. The summed E-state index contributed by atoms with van der Waals surface area (Å²) in [6.45, 7) is 6.56. The summed E-state index contributed by atoms with van der Waals surface area (Å²) in [6, 6.07) is 0.448. The van der Waals surface area contributed by atoms with Gasteiger partial charge < -0.3 is 24.8 Å². The Morgan fingerprint density at radius 2 is 1.66 bits per heavy atom. The molecule has 3 fully saturated rings. The molecule has 2 amide bonds. The predicted octanol–water partition coefficient (Wildman–Crippen LogP) is -0.561. The van der Waals surface area contributed by atoms with Gasteiger partial charge in [0.2, 0.25) is 11.8 Å². The molecule has 0 spiro atoms. The van der Waals surface area contributed by atoms with Gasteiger partial charge in [-0.15, -0.1) is 0 Å². The fourth-order valence-corrected chi connectivity index (χ4v) is 4.00. The molecule has 2 saturated heterocycles. The van der Waals surface area contributed by atoms with E-state index in [1.165, 1.54) is 12.8 Å². The Morgan fingerprint density at radius 1 is 1.00 bits per heavy atom. The number of nitrogens with one attached hydrogen (secondary N) is 1. The number of piperazine rings is 1. The van der Waals surface area contributed by atoms with E-state index in [0.29, 0.717) is 38.9 Å². The number of ether oxygens (including phenoxy) is 1. The molecule has 1 N–H and O–H groups in total. The Morgan fingerprint density at radius 3 is 2.28 bits per heavy atom. The SMILES string of the molecule is CN(C)C(=O)CN=C(NC1CCCC1)N1CCN(CC(=O)N2CCOCC2)CC1. The van der Waals surface area contributed by atoms with Crippen LogP contribution in [0.25, 0.3) is 0 Å². The first-order valence-corrected chi connectivity index (χ1v) is 10.9. The van der Waals surface area contributed by atoms with E-state index in [4.69, 9.17) is 4.74 Å². The number of hydrogen-bond donors (Lipinski definition) is 1. The van der Waals surface area contributed by atoms with E-state index in [2.05, 4.69) is 20.1 Å². The minimum atomic E-state index is 0.00506.